The first-order chi connectivity index (χ1) is 11.8. The Morgan fingerprint density at radius 1 is 1.12 bits per heavy atom. The second-order valence-corrected chi connectivity index (χ2v) is 5.34. The summed E-state index contributed by atoms with van der Waals surface area (Å²) in [4.78, 5) is 8.99. The molecule has 24 heavy (non-hydrogen) atoms. The van der Waals surface area contributed by atoms with E-state index in [2.05, 4.69) is 19.7 Å². The average Bonchev–Trinajstić information content (AvgIpc) is 3.33. The molecule has 122 valence electrons. The van der Waals surface area contributed by atoms with Crippen molar-refractivity contribution in [2.75, 3.05) is 7.11 Å². The van der Waals surface area contributed by atoms with E-state index >= 15 is 0 Å². The van der Waals surface area contributed by atoms with E-state index < -0.39 is 0 Å². The van der Waals surface area contributed by atoms with Gasteiger partial charge in [0, 0.05) is 20.1 Å². The summed E-state index contributed by atoms with van der Waals surface area (Å²) >= 11 is 0. The van der Waals surface area contributed by atoms with Crippen LogP contribution in [0.1, 0.15) is 11.6 Å². The lowest BCUT2D eigenvalue weighted by atomic mass is 10.3. The minimum atomic E-state index is 0.391. The first-order valence-corrected chi connectivity index (χ1v) is 7.64. The fraction of sp³-hybridized carbons (Fsp3) is 0.235. The van der Waals surface area contributed by atoms with Crippen LogP contribution >= 0.6 is 0 Å². The number of aromatic nitrogens is 4. The summed E-state index contributed by atoms with van der Waals surface area (Å²) in [5.41, 5.74) is 2.02. The topological polar surface area (TPSA) is 79.1 Å². The van der Waals surface area contributed by atoms with Gasteiger partial charge in [-0.1, -0.05) is 17.3 Å². The molecule has 3 heterocycles. The lowest BCUT2D eigenvalue weighted by molar-refractivity contribution is 0.174. The van der Waals surface area contributed by atoms with Crippen LogP contribution in [0.25, 0.3) is 22.7 Å². The van der Waals surface area contributed by atoms with E-state index in [1.54, 1.807) is 25.5 Å². The minimum Gasteiger partial charge on any atom is -0.459 e. The average molecular weight is 324 g/mol. The van der Waals surface area contributed by atoms with E-state index in [9.17, 15) is 0 Å². The van der Waals surface area contributed by atoms with Gasteiger partial charge in [-0.25, -0.2) is 4.98 Å². The summed E-state index contributed by atoms with van der Waals surface area (Å²) in [5.74, 6) is 2.47. The third kappa shape index (κ3) is 2.69. The maximum atomic E-state index is 5.26. The van der Waals surface area contributed by atoms with Crippen LogP contribution in [0.15, 0.2) is 51.6 Å². The number of nitrogens with zero attached hydrogens (tertiary/aromatic N) is 4. The van der Waals surface area contributed by atoms with Crippen molar-refractivity contribution in [3.8, 4) is 11.7 Å². The number of methoxy groups -OCH3 is 1. The zero-order valence-corrected chi connectivity index (χ0v) is 13.2. The molecule has 7 nitrogen and oxygen atoms in total. The Morgan fingerprint density at radius 3 is 2.88 bits per heavy atom. The SMILES string of the molecule is COCc1nc2ccccc2n1CCc1noc(-c2ccco2)n1. The highest BCUT2D eigenvalue weighted by atomic mass is 16.5. The van der Waals surface area contributed by atoms with Crippen LogP contribution in [-0.2, 0) is 24.3 Å². The molecular weight excluding hydrogens is 308 g/mol. The summed E-state index contributed by atoms with van der Waals surface area (Å²) in [7, 11) is 1.67. The smallest absolute Gasteiger partial charge is 0.293 e. The molecule has 3 aromatic heterocycles. The fourth-order valence-electron chi connectivity index (χ4n) is 2.68. The first-order valence-electron chi connectivity index (χ1n) is 7.64. The van der Waals surface area contributed by atoms with Gasteiger partial charge < -0.3 is 18.2 Å². The van der Waals surface area contributed by atoms with Gasteiger partial charge in [0.1, 0.15) is 12.4 Å². The Balaban J connectivity index is 1.57. The molecule has 7 heteroatoms. The molecule has 0 fully saturated rings. The quantitative estimate of drug-likeness (QED) is 0.542. The monoisotopic (exact) mass is 324 g/mol. The number of imidazole rings is 1. The zero-order chi connectivity index (χ0) is 16.4. The molecule has 0 saturated heterocycles. The molecule has 0 N–H and O–H groups in total. The van der Waals surface area contributed by atoms with Gasteiger partial charge in [0.25, 0.3) is 5.89 Å². The van der Waals surface area contributed by atoms with Crippen molar-refractivity contribution in [3.63, 3.8) is 0 Å². The normalized spacial score (nSPS) is 11.4. The van der Waals surface area contributed by atoms with E-state index in [1.165, 1.54) is 0 Å². The Morgan fingerprint density at radius 2 is 2.04 bits per heavy atom. The number of hydrogen-bond donors (Lipinski definition) is 0. The van der Waals surface area contributed by atoms with Gasteiger partial charge in [0.2, 0.25) is 0 Å². The van der Waals surface area contributed by atoms with E-state index in [4.69, 9.17) is 13.7 Å². The Hall–Kier alpha value is -2.93. The molecule has 0 bridgehead atoms. The van der Waals surface area contributed by atoms with Crippen LogP contribution in [-0.4, -0.2) is 26.8 Å². The minimum absolute atomic E-state index is 0.391. The molecule has 0 aliphatic heterocycles. The molecule has 0 aliphatic carbocycles. The molecule has 0 atom stereocenters. The van der Waals surface area contributed by atoms with Crippen LogP contribution in [0.3, 0.4) is 0 Å². The molecule has 1 aromatic carbocycles. The van der Waals surface area contributed by atoms with Crippen LogP contribution in [0, 0.1) is 0 Å². The predicted octanol–water partition coefficient (Wildman–Crippen LogP) is 3.07. The van der Waals surface area contributed by atoms with Crippen molar-refractivity contribution >= 4 is 11.0 Å². The van der Waals surface area contributed by atoms with E-state index in [-0.39, 0.29) is 0 Å². The zero-order valence-electron chi connectivity index (χ0n) is 13.2. The predicted molar refractivity (Wildman–Crippen MR) is 86.2 cm³/mol. The number of para-hydroxylation sites is 2. The van der Waals surface area contributed by atoms with Crippen LogP contribution in [0.4, 0.5) is 0 Å². The fourth-order valence-corrected chi connectivity index (χ4v) is 2.68. The summed E-state index contributed by atoms with van der Waals surface area (Å²) in [6.45, 7) is 1.15. The maximum Gasteiger partial charge on any atom is 0.293 e. The Labute approximate surface area is 137 Å². The number of ether oxygens (including phenoxy) is 1. The lowest BCUT2D eigenvalue weighted by Crippen LogP contribution is -2.08. The molecule has 4 aromatic rings. The maximum absolute atomic E-state index is 5.26. The van der Waals surface area contributed by atoms with Gasteiger partial charge in [0.05, 0.1) is 17.3 Å². The van der Waals surface area contributed by atoms with E-state index in [1.807, 2.05) is 24.3 Å². The van der Waals surface area contributed by atoms with Gasteiger partial charge >= 0.3 is 0 Å². The second kappa shape index (κ2) is 6.29. The molecular formula is C17H16N4O3. The van der Waals surface area contributed by atoms with Crippen molar-refractivity contribution in [2.24, 2.45) is 0 Å². The molecule has 0 saturated carbocycles. The van der Waals surface area contributed by atoms with Crippen molar-refractivity contribution in [1.29, 1.82) is 0 Å². The summed E-state index contributed by atoms with van der Waals surface area (Å²) in [6.07, 6.45) is 2.20. The molecule has 0 amide bonds. The summed E-state index contributed by atoms with van der Waals surface area (Å²) in [6, 6.07) is 11.6. The largest absolute Gasteiger partial charge is 0.459 e. The molecule has 0 aliphatic rings. The molecule has 0 spiro atoms. The molecule has 0 radical (unpaired) electrons. The van der Waals surface area contributed by atoms with E-state index in [0.29, 0.717) is 37.0 Å². The number of furan rings is 1. The van der Waals surface area contributed by atoms with Crippen LogP contribution in [0.2, 0.25) is 0 Å². The number of fused-ring (bicyclic) bond motifs is 1. The number of hydrogen-bond acceptors (Lipinski definition) is 6. The van der Waals surface area contributed by atoms with Crippen molar-refractivity contribution in [1.82, 2.24) is 19.7 Å². The third-order valence-electron chi connectivity index (χ3n) is 3.77. The molecule has 0 unspecified atom stereocenters. The Kier molecular flexibility index (Phi) is 3.84. The number of rotatable bonds is 6. The standard InChI is InChI=1S/C17H16N4O3/c1-22-11-16-18-12-5-2-3-6-13(12)21(16)9-8-15-19-17(24-20-15)14-7-4-10-23-14/h2-7,10H,8-9,11H2,1H3. The highest BCUT2D eigenvalue weighted by Crippen LogP contribution is 2.19. The third-order valence-corrected chi connectivity index (χ3v) is 3.77. The van der Waals surface area contributed by atoms with E-state index in [0.717, 1.165) is 16.9 Å². The van der Waals surface area contributed by atoms with Gasteiger partial charge in [-0.15, -0.1) is 0 Å². The van der Waals surface area contributed by atoms with Crippen LogP contribution < -0.4 is 0 Å². The van der Waals surface area contributed by atoms with Gasteiger partial charge in [-0.05, 0) is 24.3 Å². The van der Waals surface area contributed by atoms with Crippen molar-refractivity contribution < 1.29 is 13.7 Å². The summed E-state index contributed by atoms with van der Waals surface area (Å²) < 4.78 is 17.9. The van der Waals surface area contributed by atoms with Gasteiger partial charge in [-0.2, -0.15) is 4.98 Å². The van der Waals surface area contributed by atoms with Crippen LogP contribution in [0.5, 0.6) is 0 Å². The van der Waals surface area contributed by atoms with Crippen molar-refractivity contribution in [3.05, 3.63) is 54.3 Å². The number of aryl methyl sites for hydroxylation is 2. The first kappa shape index (κ1) is 14.6. The number of benzene rings is 1. The van der Waals surface area contributed by atoms with Gasteiger partial charge in [-0.3, -0.25) is 0 Å². The van der Waals surface area contributed by atoms with Crippen molar-refractivity contribution in [2.45, 2.75) is 19.6 Å². The Bertz CT molecular complexity index is 940. The lowest BCUT2D eigenvalue weighted by Gasteiger charge is -2.06. The highest BCUT2D eigenvalue weighted by Gasteiger charge is 2.14. The molecule has 4 rings (SSSR count). The second-order valence-electron chi connectivity index (χ2n) is 5.34. The van der Waals surface area contributed by atoms with Gasteiger partial charge in [0.15, 0.2) is 11.6 Å². The summed E-state index contributed by atoms with van der Waals surface area (Å²) in [5, 5.41) is 4.02. The highest BCUT2D eigenvalue weighted by molar-refractivity contribution is 5.75.